The Hall–Kier alpha value is -2.87. The SMILES string of the molecule is CNc1ccc(S(=O)(=O)Cc2nc3c(C(N)=O)cccc3[nH]2)cc1. The fourth-order valence-electron chi connectivity index (χ4n) is 2.44. The monoisotopic (exact) mass is 344 g/mol. The van der Waals surface area contributed by atoms with Crippen LogP contribution in [0, 0.1) is 0 Å². The summed E-state index contributed by atoms with van der Waals surface area (Å²) >= 11 is 0. The molecular formula is C16H16N4O3S. The van der Waals surface area contributed by atoms with Crippen molar-refractivity contribution in [2.45, 2.75) is 10.6 Å². The van der Waals surface area contributed by atoms with Gasteiger partial charge in [0.05, 0.1) is 16.0 Å². The highest BCUT2D eigenvalue weighted by Crippen LogP contribution is 2.21. The second kappa shape index (κ2) is 5.97. The molecule has 0 fully saturated rings. The number of carbonyl (C=O) groups excluding carboxylic acids is 1. The number of nitrogens with one attached hydrogen (secondary N) is 2. The van der Waals surface area contributed by atoms with Gasteiger partial charge in [0.25, 0.3) is 5.91 Å². The Morgan fingerprint density at radius 1 is 1.21 bits per heavy atom. The van der Waals surface area contributed by atoms with Gasteiger partial charge in [-0.3, -0.25) is 4.79 Å². The van der Waals surface area contributed by atoms with Crippen LogP contribution in [0.3, 0.4) is 0 Å². The van der Waals surface area contributed by atoms with Gasteiger partial charge in [-0.05, 0) is 36.4 Å². The number of fused-ring (bicyclic) bond motifs is 1. The number of carbonyl (C=O) groups is 1. The van der Waals surface area contributed by atoms with Crippen LogP contribution >= 0.6 is 0 Å². The van der Waals surface area contributed by atoms with E-state index in [1.165, 1.54) is 0 Å². The van der Waals surface area contributed by atoms with E-state index in [0.717, 1.165) is 5.69 Å². The van der Waals surface area contributed by atoms with Crippen molar-refractivity contribution in [3.8, 4) is 0 Å². The molecule has 1 amide bonds. The van der Waals surface area contributed by atoms with E-state index >= 15 is 0 Å². The van der Waals surface area contributed by atoms with Crippen molar-refractivity contribution < 1.29 is 13.2 Å². The van der Waals surface area contributed by atoms with E-state index in [0.29, 0.717) is 11.0 Å². The van der Waals surface area contributed by atoms with Crippen LogP contribution < -0.4 is 11.1 Å². The number of primary amides is 1. The lowest BCUT2D eigenvalue weighted by Crippen LogP contribution is -2.11. The smallest absolute Gasteiger partial charge is 0.250 e. The molecule has 7 nitrogen and oxygen atoms in total. The first-order chi connectivity index (χ1) is 11.4. The molecule has 24 heavy (non-hydrogen) atoms. The number of rotatable bonds is 5. The molecule has 3 aromatic rings. The van der Waals surface area contributed by atoms with Gasteiger partial charge in [0.1, 0.15) is 17.1 Å². The highest BCUT2D eigenvalue weighted by atomic mass is 32.2. The molecule has 0 aliphatic carbocycles. The second-order valence-corrected chi connectivity index (χ2v) is 7.27. The summed E-state index contributed by atoms with van der Waals surface area (Å²) < 4.78 is 25.0. The Bertz CT molecular complexity index is 1010. The van der Waals surface area contributed by atoms with Gasteiger partial charge in [-0.25, -0.2) is 13.4 Å². The Balaban J connectivity index is 1.96. The minimum atomic E-state index is -3.56. The number of para-hydroxylation sites is 1. The number of amides is 1. The third kappa shape index (κ3) is 2.95. The van der Waals surface area contributed by atoms with E-state index in [-0.39, 0.29) is 22.0 Å². The van der Waals surface area contributed by atoms with Crippen molar-refractivity contribution in [2.24, 2.45) is 5.73 Å². The molecule has 0 unspecified atom stereocenters. The van der Waals surface area contributed by atoms with E-state index in [2.05, 4.69) is 15.3 Å². The van der Waals surface area contributed by atoms with Gasteiger partial charge in [-0.2, -0.15) is 0 Å². The minimum absolute atomic E-state index is 0.206. The number of hydrogen-bond acceptors (Lipinski definition) is 5. The molecule has 0 atom stereocenters. The fourth-order valence-corrected chi connectivity index (χ4v) is 3.66. The van der Waals surface area contributed by atoms with Crippen LogP contribution in [0.15, 0.2) is 47.4 Å². The number of benzene rings is 2. The van der Waals surface area contributed by atoms with Crippen LogP contribution in [0.4, 0.5) is 5.69 Å². The van der Waals surface area contributed by atoms with Crippen LogP contribution in [0.5, 0.6) is 0 Å². The zero-order valence-electron chi connectivity index (χ0n) is 12.9. The molecule has 0 saturated carbocycles. The zero-order chi connectivity index (χ0) is 17.3. The van der Waals surface area contributed by atoms with Crippen molar-refractivity contribution in [2.75, 3.05) is 12.4 Å². The van der Waals surface area contributed by atoms with Crippen molar-refractivity contribution in [1.82, 2.24) is 9.97 Å². The Kier molecular flexibility index (Phi) is 3.98. The molecular weight excluding hydrogens is 328 g/mol. The number of anilines is 1. The number of nitrogens with zero attached hydrogens (tertiary/aromatic N) is 1. The molecule has 0 radical (unpaired) electrons. The Labute approximate surface area is 138 Å². The third-order valence-corrected chi connectivity index (χ3v) is 5.30. The molecule has 2 aromatic carbocycles. The second-order valence-electron chi connectivity index (χ2n) is 5.28. The third-order valence-electron chi connectivity index (χ3n) is 3.66. The molecule has 0 saturated heterocycles. The lowest BCUT2D eigenvalue weighted by Gasteiger charge is -2.04. The van der Waals surface area contributed by atoms with E-state index in [9.17, 15) is 13.2 Å². The molecule has 0 spiro atoms. The first-order valence-electron chi connectivity index (χ1n) is 7.19. The summed E-state index contributed by atoms with van der Waals surface area (Å²) in [4.78, 5) is 18.8. The van der Waals surface area contributed by atoms with Gasteiger partial charge in [-0.1, -0.05) is 6.07 Å². The van der Waals surface area contributed by atoms with Crippen LogP contribution in [-0.4, -0.2) is 31.3 Å². The number of hydrogen-bond donors (Lipinski definition) is 3. The first-order valence-corrected chi connectivity index (χ1v) is 8.84. The van der Waals surface area contributed by atoms with Crippen molar-refractivity contribution in [3.05, 3.63) is 53.9 Å². The van der Waals surface area contributed by atoms with Gasteiger partial charge < -0.3 is 16.0 Å². The molecule has 3 rings (SSSR count). The number of H-pyrrole nitrogens is 1. The molecule has 1 aromatic heterocycles. The number of nitrogens with two attached hydrogens (primary N) is 1. The zero-order valence-corrected chi connectivity index (χ0v) is 13.7. The Morgan fingerprint density at radius 3 is 2.54 bits per heavy atom. The summed E-state index contributed by atoms with van der Waals surface area (Å²) in [5.74, 6) is -0.640. The quantitative estimate of drug-likeness (QED) is 0.651. The number of sulfone groups is 1. The average Bonchev–Trinajstić information content (AvgIpc) is 2.96. The lowest BCUT2D eigenvalue weighted by molar-refractivity contribution is 0.100. The summed E-state index contributed by atoms with van der Waals surface area (Å²) in [7, 11) is -1.80. The molecule has 124 valence electrons. The normalized spacial score (nSPS) is 11.5. The molecule has 1 heterocycles. The van der Waals surface area contributed by atoms with Crippen molar-refractivity contribution in [1.29, 1.82) is 0 Å². The van der Waals surface area contributed by atoms with Crippen molar-refractivity contribution >= 4 is 32.5 Å². The van der Waals surface area contributed by atoms with Crippen LogP contribution in [0.1, 0.15) is 16.2 Å². The Morgan fingerprint density at radius 2 is 1.92 bits per heavy atom. The standard InChI is InChI=1S/C16H16N4O3S/c1-18-10-5-7-11(8-6-10)24(22,23)9-14-19-13-4-2-3-12(16(17)21)15(13)20-14/h2-8,18H,9H2,1H3,(H2,17,21)(H,19,20). The van der Waals surface area contributed by atoms with Gasteiger partial charge in [0.15, 0.2) is 9.84 Å². The summed E-state index contributed by atoms with van der Waals surface area (Å²) in [6, 6.07) is 11.4. The highest BCUT2D eigenvalue weighted by molar-refractivity contribution is 7.90. The summed E-state index contributed by atoms with van der Waals surface area (Å²) in [6.07, 6.45) is 0. The predicted molar refractivity (Wildman–Crippen MR) is 91.5 cm³/mol. The minimum Gasteiger partial charge on any atom is -0.388 e. The van der Waals surface area contributed by atoms with Gasteiger partial charge in [0.2, 0.25) is 0 Å². The molecule has 8 heteroatoms. The largest absolute Gasteiger partial charge is 0.388 e. The molecule has 0 aliphatic rings. The van der Waals surface area contributed by atoms with Crippen LogP contribution in [0.2, 0.25) is 0 Å². The van der Waals surface area contributed by atoms with E-state index < -0.39 is 15.7 Å². The number of aromatic nitrogens is 2. The molecule has 0 bridgehead atoms. The van der Waals surface area contributed by atoms with Crippen LogP contribution in [0.25, 0.3) is 11.0 Å². The summed E-state index contributed by atoms with van der Waals surface area (Å²) in [5.41, 5.74) is 7.34. The maximum absolute atomic E-state index is 12.5. The number of imidazole rings is 1. The van der Waals surface area contributed by atoms with E-state index in [1.54, 1.807) is 49.5 Å². The molecule has 4 N–H and O–H groups in total. The lowest BCUT2D eigenvalue weighted by atomic mass is 10.2. The summed E-state index contributed by atoms with van der Waals surface area (Å²) in [6.45, 7) is 0. The summed E-state index contributed by atoms with van der Waals surface area (Å²) in [5, 5.41) is 2.93. The van der Waals surface area contributed by atoms with Gasteiger partial charge >= 0.3 is 0 Å². The maximum Gasteiger partial charge on any atom is 0.250 e. The van der Waals surface area contributed by atoms with Crippen LogP contribution in [-0.2, 0) is 15.6 Å². The van der Waals surface area contributed by atoms with Gasteiger partial charge in [0, 0.05) is 12.7 Å². The first kappa shape index (κ1) is 16.0. The fraction of sp³-hybridized carbons (Fsp3) is 0.125. The van der Waals surface area contributed by atoms with Crippen molar-refractivity contribution in [3.63, 3.8) is 0 Å². The van der Waals surface area contributed by atoms with E-state index in [1.807, 2.05) is 0 Å². The van der Waals surface area contributed by atoms with E-state index in [4.69, 9.17) is 5.73 Å². The maximum atomic E-state index is 12.5. The topological polar surface area (TPSA) is 118 Å². The average molecular weight is 344 g/mol. The number of aromatic amines is 1. The highest BCUT2D eigenvalue weighted by Gasteiger charge is 2.19. The predicted octanol–water partition coefficient (Wildman–Crippen LogP) is 1.68. The molecule has 0 aliphatic heterocycles. The van der Waals surface area contributed by atoms with Gasteiger partial charge in [-0.15, -0.1) is 0 Å².